The van der Waals surface area contributed by atoms with Gasteiger partial charge in [-0.3, -0.25) is 9.36 Å². The molecular weight excluding hydrogens is 354 g/mol. The summed E-state index contributed by atoms with van der Waals surface area (Å²) in [5, 5.41) is 3.95. The molecule has 0 bridgehead atoms. The topological polar surface area (TPSA) is 92.9 Å². The predicted molar refractivity (Wildman–Crippen MR) is 106 cm³/mol. The van der Waals surface area contributed by atoms with Crippen LogP contribution in [0.1, 0.15) is 42.9 Å². The maximum atomic E-state index is 13.4. The van der Waals surface area contributed by atoms with Crippen molar-refractivity contribution in [1.82, 2.24) is 9.55 Å². The summed E-state index contributed by atoms with van der Waals surface area (Å²) in [5.41, 5.74) is 10.4. The SMILES string of the molecule is CC(C)C(N=[N+]=[N-])c1nc2c(c(=O)n1Cc1ccccc1)OC1C=CC=CC21. The number of hydrogen-bond donors (Lipinski definition) is 0. The zero-order valence-corrected chi connectivity index (χ0v) is 15.8. The van der Waals surface area contributed by atoms with E-state index in [0.29, 0.717) is 18.1 Å². The number of hydrogen-bond acceptors (Lipinski definition) is 4. The molecule has 0 spiro atoms. The number of ether oxygens (including phenoxy) is 1. The molecule has 2 heterocycles. The Kier molecular flexibility index (Phi) is 4.75. The number of rotatable bonds is 5. The highest BCUT2D eigenvalue weighted by molar-refractivity contribution is 5.42. The molecule has 1 aromatic heterocycles. The molecule has 3 atom stereocenters. The first kappa shape index (κ1) is 18.1. The molecule has 1 aromatic carbocycles. The molecule has 142 valence electrons. The number of fused-ring (bicyclic) bond motifs is 3. The first-order valence-corrected chi connectivity index (χ1v) is 9.34. The zero-order valence-electron chi connectivity index (χ0n) is 15.8. The number of allylic oxidation sites excluding steroid dienone is 2. The van der Waals surface area contributed by atoms with Crippen molar-refractivity contribution in [2.75, 3.05) is 0 Å². The van der Waals surface area contributed by atoms with Gasteiger partial charge in [0.15, 0.2) is 0 Å². The molecule has 4 rings (SSSR count). The molecule has 28 heavy (non-hydrogen) atoms. The summed E-state index contributed by atoms with van der Waals surface area (Å²) in [4.78, 5) is 21.2. The van der Waals surface area contributed by atoms with Crippen LogP contribution in [0.15, 0.2) is 64.5 Å². The minimum absolute atomic E-state index is 0.0113. The molecule has 1 aliphatic heterocycles. The van der Waals surface area contributed by atoms with Crippen molar-refractivity contribution in [3.8, 4) is 5.75 Å². The summed E-state index contributed by atoms with van der Waals surface area (Å²) < 4.78 is 7.52. The van der Waals surface area contributed by atoms with Gasteiger partial charge in [-0.1, -0.05) is 67.5 Å². The van der Waals surface area contributed by atoms with E-state index in [2.05, 4.69) is 10.0 Å². The van der Waals surface area contributed by atoms with Crippen LogP contribution in [0.4, 0.5) is 0 Å². The van der Waals surface area contributed by atoms with Crippen molar-refractivity contribution in [2.24, 2.45) is 11.0 Å². The van der Waals surface area contributed by atoms with Gasteiger partial charge in [-0.15, -0.1) is 0 Å². The van der Waals surface area contributed by atoms with Crippen LogP contribution >= 0.6 is 0 Å². The highest BCUT2D eigenvalue weighted by Crippen LogP contribution is 2.39. The lowest BCUT2D eigenvalue weighted by atomic mass is 9.95. The van der Waals surface area contributed by atoms with Crippen LogP contribution in [-0.4, -0.2) is 15.7 Å². The Hall–Kier alpha value is -3.31. The fourth-order valence-electron chi connectivity index (χ4n) is 3.67. The predicted octanol–water partition coefficient (Wildman–Crippen LogP) is 4.27. The van der Waals surface area contributed by atoms with Crippen molar-refractivity contribution in [3.63, 3.8) is 0 Å². The molecule has 0 saturated carbocycles. The first-order valence-electron chi connectivity index (χ1n) is 9.34. The third-order valence-corrected chi connectivity index (χ3v) is 5.09. The van der Waals surface area contributed by atoms with Crippen molar-refractivity contribution < 1.29 is 4.74 Å². The minimum atomic E-state index is -0.547. The molecule has 0 amide bonds. The minimum Gasteiger partial charge on any atom is -0.478 e. The second kappa shape index (κ2) is 7.37. The average molecular weight is 375 g/mol. The van der Waals surface area contributed by atoms with Crippen LogP contribution < -0.4 is 10.3 Å². The van der Waals surface area contributed by atoms with Gasteiger partial charge < -0.3 is 4.74 Å². The van der Waals surface area contributed by atoms with E-state index in [9.17, 15) is 4.79 Å². The lowest BCUT2D eigenvalue weighted by Gasteiger charge is -2.21. The standard InChI is InChI=1S/C21H21N5O2/c1-13(2)17(24-25-22)20-23-18-15-10-6-7-11-16(15)28-19(18)21(27)26(20)12-14-8-4-3-5-9-14/h3-11,13,15-17H,12H2,1-2H3. The molecule has 0 saturated heterocycles. The van der Waals surface area contributed by atoms with Crippen LogP contribution in [0, 0.1) is 5.92 Å². The van der Waals surface area contributed by atoms with E-state index in [1.807, 2.05) is 68.5 Å². The molecule has 7 nitrogen and oxygen atoms in total. The zero-order chi connectivity index (χ0) is 19.7. The van der Waals surface area contributed by atoms with Gasteiger partial charge in [0.05, 0.1) is 18.5 Å². The van der Waals surface area contributed by atoms with Crippen LogP contribution in [0.3, 0.4) is 0 Å². The van der Waals surface area contributed by atoms with Crippen LogP contribution in [0.5, 0.6) is 5.75 Å². The molecule has 1 aliphatic carbocycles. The van der Waals surface area contributed by atoms with Crippen molar-refractivity contribution in [3.05, 3.63) is 92.5 Å². The second-order valence-electron chi connectivity index (χ2n) is 7.33. The van der Waals surface area contributed by atoms with Crippen LogP contribution in [0.2, 0.25) is 0 Å². The van der Waals surface area contributed by atoms with Gasteiger partial charge in [-0.2, -0.15) is 0 Å². The molecule has 2 aliphatic rings. The first-order chi connectivity index (χ1) is 13.6. The second-order valence-corrected chi connectivity index (χ2v) is 7.33. The van der Waals surface area contributed by atoms with E-state index < -0.39 is 6.04 Å². The van der Waals surface area contributed by atoms with E-state index in [-0.39, 0.29) is 29.2 Å². The maximum absolute atomic E-state index is 13.4. The Bertz CT molecular complexity index is 1050. The molecule has 0 radical (unpaired) electrons. The summed E-state index contributed by atoms with van der Waals surface area (Å²) >= 11 is 0. The third-order valence-electron chi connectivity index (χ3n) is 5.09. The number of aromatic nitrogens is 2. The largest absolute Gasteiger partial charge is 0.478 e. The quantitative estimate of drug-likeness (QED) is 0.444. The van der Waals surface area contributed by atoms with Gasteiger partial charge >= 0.3 is 0 Å². The monoisotopic (exact) mass is 375 g/mol. The average Bonchev–Trinajstić information content (AvgIpc) is 3.08. The van der Waals surface area contributed by atoms with Crippen LogP contribution in [0.25, 0.3) is 10.4 Å². The van der Waals surface area contributed by atoms with Gasteiger partial charge in [0.2, 0.25) is 5.75 Å². The Labute approximate surface area is 162 Å². The van der Waals surface area contributed by atoms with Gasteiger partial charge in [0, 0.05) is 4.91 Å². The fraction of sp³-hybridized carbons (Fsp3) is 0.333. The lowest BCUT2D eigenvalue weighted by molar-refractivity contribution is 0.264. The number of nitrogens with zero attached hydrogens (tertiary/aromatic N) is 5. The molecule has 2 aromatic rings. The van der Waals surface area contributed by atoms with Crippen LogP contribution in [-0.2, 0) is 6.54 Å². The molecule has 7 heteroatoms. The summed E-state index contributed by atoms with van der Waals surface area (Å²) in [5.74, 6) is 0.654. The van der Waals surface area contributed by atoms with Gasteiger partial charge in [-0.25, -0.2) is 4.98 Å². The molecule has 3 unspecified atom stereocenters. The highest BCUT2D eigenvalue weighted by Gasteiger charge is 2.38. The molecular formula is C21H21N5O2. The Morgan fingerprint density at radius 1 is 1.25 bits per heavy atom. The van der Waals surface area contributed by atoms with Gasteiger partial charge in [0.25, 0.3) is 5.56 Å². The Morgan fingerprint density at radius 2 is 2.00 bits per heavy atom. The van der Waals surface area contributed by atoms with Gasteiger partial charge in [0.1, 0.15) is 17.6 Å². The summed E-state index contributed by atoms with van der Waals surface area (Å²) in [6, 6.07) is 9.14. The molecule has 0 fully saturated rings. The van der Waals surface area contributed by atoms with E-state index in [4.69, 9.17) is 15.3 Å². The summed E-state index contributed by atoms with van der Waals surface area (Å²) in [6.45, 7) is 4.24. The van der Waals surface area contributed by atoms with E-state index in [1.165, 1.54) is 0 Å². The van der Waals surface area contributed by atoms with Gasteiger partial charge in [-0.05, 0) is 23.1 Å². The Balaban J connectivity index is 1.91. The lowest BCUT2D eigenvalue weighted by Crippen LogP contribution is -2.29. The fourth-order valence-corrected chi connectivity index (χ4v) is 3.67. The number of azide groups is 1. The third kappa shape index (κ3) is 3.10. The van der Waals surface area contributed by atoms with E-state index in [1.54, 1.807) is 4.57 Å². The smallest absolute Gasteiger partial charge is 0.296 e. The Morgan fingerprint density at radius 3 is 2.71 bits per heavy atom. The number of benzene rings is 1. The maximum Gasteiger partial charge on any atom is 0.296 e. The summed E-state index contributed by atoms with van der Waals surface area (Å²) in [6.07, 6.45) is 7.54. The van der Waals surface area contributed by atoms with Crippen molar-refractivity contribution in [1.29, 1.82) is 0 Å². The van der Waals surface area contributed by atoms with Crippen molar-refractivity contribution >= 4 is 0 Å². The van der Waals surface area contributed by atoms with Crippen molar-refractivity contribution in [2.45, 2.75) is 38.5 Å². The van der Waals surface area contributed by atoms with E-state index >= 15 is 0 Å². The van der Waals surface area contributed by atoms with E-state index in [0.717, 1.165) is 5.56 Å². The summed E-state index contributed by atoms with van der Waals surface area (Å²) in [7, 11) is 0. The normalized spacial score (nSPS) is 20.2. The highest BCUT2D eigenvalue weighted by atomic mass is 16.5. The molecule has 0 N–H and O–H groups in total.